The zero-order valence-corrected chi connectivity index (χ0v) is 10.5. The molecule has 4 nitrogen and oxygen atoms in total. The number of hydrogen-bond acceptors (Lipinski definition) is 2. The number of guanidine groups is 1. The van der Waals surface area contributed by atoms with E-state index in [0.29, 0.717) is 11.4 Å². The SMILES string of the molecule is CCNC(=N)NCCCNCC(C)(C)C. The summed E-state index contributed by atoms with van der Waals surface area (Å²) in [5, 5.41) is 16.8. The first-order valence-corrected chi connectivity index (χ1v) is 5.72. The van der Waals surface area contributed by atoms with Crippen LogP contribution in [-0.4, -0.2) is 32.1 Å². The van der Waals surface area contributed by atoms with Gasteiger partial charge in [-0.15, -0.1) is 0 Å². The van der Waals surface area contributed by atoms with Crippen molar-refractivity contribution in [2.45, 2.75) is 34.1 Å². The third-order valence-electron chi connectivity index (χ3n) is 1.84. The summed E-state index contributed by atoms with van der Waals surface area (Å²) in [5.41, 5.74) is 0.351. The lowest BCUT2D eigenvalue weighted by Crippen LogP contribution is -2.37. The normalized spacial score (nSPS) is 11.2. The molecule has 0 fully saturated rings. The maximum absolute atomic E-state index is 7.43. The Morgan fingerprint density at radius 3 is 2.33 bits per heavy atom. The quantitative estimate of drug-likeness (QED) is 0.305. The topological polar surface area (TPSA) is 59.9 Å². The molecule has 0 heterocycles. The minimum absolute atomic E-state index is 0.351. The van der Waals surface area contributed by atoms with E-state index in [4.69, 9.17) is 5.41 Å². The number of rotatable bonds is 6. The van der Waals surface area contributed by atoms with E-state index >= 15 is 0 Å². The van der Waals surface area contributed by atoms with Gasteiger partial charge in [0.05, 0.1) is 0 Å². The van der Waals surface area contributed by atoms with Gasteiger partial charge in [-0.3, -0.25) is 5.41 Å². The maximum Gasteiger partial charge on any atom is 0.188 e. The molecule has 0 saturated carbocycles. The van der Waals surface area contributed by atoms with Crippen LogP contribution in [-0.2, 0) is 0 Å². The average Bonchev–Trinajstić information content (AvgIpc) is 2.09. The third-order valence-corrected chi connectivity index (χ3v) is 1.84. The average molecular weight is 214 g/mol. The Labute approximate surface area is 93.7 Å². The maximum atomic E-state index is 7.43. The zero-order valence-electron chi connectivity index (χ0n) is 10.5. The lowest BCUT2D eigenvalue weighted by atomic mass is 9.97. The molecule has 0 saturated heterocycles. The van der Waals surface area contributed by atoms with Crippen LogP contribution in [0.2, 0.25) is 0 Å². The van der Waals surface area contributed by atoms with Crippen LogP contribution in [0, 0.1) is 10.8 Å². The van der Waals surface area contributed by atoms with Crippen molar-refractivity contribution < 1.29 is 0 Å². The van der Waals surface area contributed by atoms with Gasteiger partial charge in [-0.2, -0.15) is 0 Å². The molecule has 0 aromatic carbocycles. The molecular formula is C11H26N4. The first-order chi connectivity index (χ1) is 6.95. The highest BCUT2D eigenvalue weighted by atomic mass is 15.1. The van der Waals surface area contributed by atoms with Crippen LogP contribution in [0.15, 0.2) is 0 Å². The van der Waals surface area contributed by atoms with Crippen molar-refractivity contribution in [3.63, 3.8) is 0 Å². The summed E-state index contributed by atoms with van der Waals surface area (Å²) in [6.07, 6.45) is 1.05. The first kappa shape index (κ1) is 14.2. The monoisotopic (exact) mass is 214 g/mol. The van der Waals surface area contributed by atoms with Crippen LogP contribution in [0.5, 0.6) is 0 Å². The second-order valence-electron chi connectivity index (χ2n) is 4.92. The zero-order chi connectivity index (χ0) is 11.7. The van der Waals surface area contributed by atoms with E-state index in [1.165, 1.54) is 0 Å². The summed E-state index contributed by atoms with van der Waals surface area (Å²) in [5.74, 6) is 0.424. The van der Waals surface area contributed by atoms with Crippen LogP contribution >= 0.6 is 0 Å². The molecule has 0 aromatic heterocycles. The number of hydrogen-bond donors (Lipinski definition) is 4. The summed E-state index contributed by atoms with van der Waals surface area (Å²) in [7, 11) is 0. The molecule has 0 bridgehead atoms. The van der Waals surface area contributed by atoms with E-state index < -0.39 is 0 Å². The van der Waals surface area contributed by atoms with Crippen molar-refractivity contribution in [1.82, 2.24) is 16.0 Å². The Hall–Kier alpha value is -0.770. The molecule has 0 atom stereocenters. The molecule has 0 aromatic rings. The molecule has 0 amide bonds. The van der Waals surface area contributed by atoms with E-state index in [9.17, 15) is 0 Å². The van der Waals surface area contributed by atoms with E-state index in [1.54, 1.807) is 0 Å². The fraction of sp³-hybridized carbons (Fsp3) is 0.909. The highest BCUT2D eigenvalue weighted by Crippen LogP contribution is 2.09. The van der Waals surface area contributed by atoms with Crippen molar-refractivity contribution >= 4 is 5.96 Å². The number of nitrogens with one attached hydrogen (secondary N) is 4. The molecule has 0 rings (SSSR count). The van der Waals surface area contributed by atoms with Gasteiger partial charge >= 0.3 is 0 Å². The van der Waals surface area contributed by atoms with Gasteiger partial charge in [-0.1, -0.05) is 20.8 Å². The molecule has 0 aliphatic heterocycles. The molecule has 15 heavy (non-hydrogen) atoms. The molecule has 0 spiro atoms. The van der Waals surface area contributed by atoms with E-state index in [1.807, 2.05) is 6.92 Å². The fourth-order valence-electron chi connectivity index (χ4n) is 1.13. The molecule has 0 radical (unpaired) electrons. The van der Waals surface area contributed by atoms with Crippen molar-refractivity contribution in [3.8, 4) is 0 Å². The van der Waals surface area contributed by atoms with E-state index in [2.05, 4.69) is 36.7 Å². The van der Waals surface area contributed by atoms with Crippen molar-refractivity contribution in [3.05, 3.63) is 0 Å². The predicted octanol–water partition coefficient (Wildman–Crippen LogP) is 1.15. The van der Waals surface area contributed by atoms with Gasteiger partial charge < -0.3 is 16.0 Å². The Morgan fingerprint density at radius 2 is 1.80 bits per heavy atom. The van der Waals surface area contributed by atoms with E-state index in [-0.39, 0.29) is 0 Å². The Bertz CT molecular complexity index is 172. The highest BCUT2D eigenvalue weighted by molar-refractivity contribution is 5.76. The minimum atomic E-state index is 0.351. The summed E-state index contributed by atoms with van der Waals surface area (Å²) in [6.45, 7) is 12.3. The lowest BCUT2D eigenvalue weighted by molar-refractivity contribution is 0.379. The second kappa shape index (κ2) is 7.51. The van der Waals surface area contributed by atoms with Gasteiger partial charge in [0.1, 0.15) is 0 Å². The summed E-state index contributed by atoms with van der Waals surface area (Å²) in [6, 6.07) is 0. The largest absolute Gasteiger partial charge is 0.357 e. The van der Waals surface area contributed by atoms with Gasteiger partial charge in [0.2, 0.25) is 0 Å². The Balaban J connectivity index is 3.22. The van der Waals surface area contributed by atoms with E-state index in [0.717, 1.165) is 32.6 Å². The fourth-order valence-corrected chi connectivity index (χ4v) is 1.13. The molecule has 90 valence electrons. The van der Waals surface area contributed by atoms with Crippen molar-refractivity contribution in [1.29, 1.82) is 5.41 Å². The third kappa shape index (κ3) is 11.2. The minimum Gasteiger partial charge on any atom is -0.357 e. The molecule has 0 aliphatic rings. The van der Waals surface area contributed by atoms with Gasteiger partial charge in [-0.25, -0.2) is 0 Å². The van der Waals surface area contributed by atoms with Crippen molar-refractivity contribution in [2.24, 2.45) is 5.41 Å². The lowest BCUT2D eigenvalue weighted by Gasteiger charge is -2.18. The van der Waals surface area contributed by atoms with Crippen LogP contribution in [0.4, 0.5) is 0 Å². The van der Waals surface area contributed by atoms with Gasteiger partial charge in [0.15, 0.2) is 5.96 Å². The molecule has 0 unspecified atom stereocenters. The van der Waals surface area contributed by atoms with Gasteiger partial charge in [-0.05, 0) is 31.8 Å². The van der Waals surface area contributed by atoms with Crippen LogP contribution in [0.1, 0.15) is 34.1 Å². The summed E-state index contributed by atoms with van der Waals surface area (Å²) >= 11 is 0. The molecular weight excluding hydrogens is 188 g/mol. The van der Waals surface area contributed by atoms with Gasteiger partial charge in [0, 0.05) is 13.1 Å². The Kier molecular flexibility index (Phi) is 7.13. The smallest absolute Gasteiger partial charge is 0.188 e. The molecule has 0 aliphatic carbocycles. The van der Waals surface area contributed by atoms with Crippen molar-refractivity contribution in [2.75, 3.05) is 26.2 Å². The van der Waals surface area contributed by atoms with Gasteiger partial charge in [0.25, 0.3) is 0 Å². The van der Waals surface area contributed by atoms with Crippen LogP contribution in [0.3, 0.4) is 0 Å². The van der Waals surface area contributed by atoms with Crippen LogP contribution < -0.4 is 16.0 Å². The second-order valence-corrected chi connectivity index (χ2v) is 4.92. The molecule has 4 N–H and O–H groups in total. The standard InChI is InChI=1S/C11H26N4/c1-5-14-10(12)15-8-6-7-13-9-11(2,3)4/h13H,5-9H2,1-4H3,(H3,12,14,15). The Morgan fingerprint density at radius 1 is 1.13 bits per heavy atom. The highest BCUT2D eigenvalue weighted by Gasteiger charge is 2.07. The summed E-state index contributed by atoms with van der Waals surface area (Å²) in [4.78, 5) is 0. The van der Waals surface area contributed by atoms with Crippen LogP contribution in [0.25, 0.3) is 0 Å². The summed E-state index contributed by atoms with van der Waals surface area (Å²) < 4.78 is 0. The molecule has 4 heteroatoms. The predicted molar refractivity (Wildman–Crippen MR) is 66.3 cm³/mol. The first-order valence-electron chi connectivity index (χ1n) is 5.72.